The fourth-order valence-corrected chi connectivity index (χ4v) is 2.60. The van der Waals surface area contributed by atoms with Gasteiger partial charge in [0.15, 0.2) is 0 Å². The average Bonchev–Trinajstić information content (AvgIpc) is 2.87. The number of hydrogen-bond acceptors (Lipinski definition) is 3. The maximum atomic E-state index is 12.3. The predicted octanol–water partition coefficient (Wildman–Crippen LogP) is 3.03. The summed E-state index contributed by atoms with van der Waals surface area (Å²) >= 11 is 0.987. The fraction of sp³-hybridized carbons (Fsp3) is 0.143. The molecule has 1 aromatic heterocycles. The largest absolute Gasteiger partial charge is 0.477 e. The van der Waals surface area contributed by atoms with Crippen LogP contribution in [0.15, 0.2) is 36.4 Å². The smallest absolute Gasteiger partial charge is 0.345 e. The van der Waals surface area contributed by atoms with E-state index < -0.39 is 5.97 Å². The lowest BCUT2D eigenvalue weighted by atomic mass is 10.2. The van der Waals surface area contributed by atoms with Crippen LogP contribution < -0.4 is 4.90 Å². The fourth-order valence-electron chi connectivity index (χ4n) is 1.78. The molecule has 0 saturated carbocycles. The van der Waals surface area contributed by atoms with E-state index in [1.165, 1.54) is 11.0 Å². The third-order valence-corrected chi connectivity index (χ3v) is 3.87. The Kier molecular flexibility index (Phi) is 3.66. The molecule has 2 rings (SSSR count). The highest BCUT2D eigenvalue weighted by atomic mass is 32.1. The topological polar surface area (TPSA) is 57.6 Å². The van der Waals surface area contributed by atoms with E-state index in [9.17, 15) is 9.59 Å². The van der Waals surface area contributed by atoms with Crippen molar-refractivity contribution in [3.05, 3.63) is 51.7 Å². The molecular formula is C14H13NO3S. The van der Waals surface area contributed by atoms with E-state index in [1.807, 2.05) is 31.2 Å². The molecule has 0 radical (unpaired) electrons. The predicted molar refractivity (Wildman–Crippen MR) is 75.2 cm³/mol. The van der Waals surface area contributed by atoms with Gasteiger partial charge in [0.1, 0.15) is 4.88 Å². The number of aryl methyl sites for hydroxylation is 1. The summed E-state index contributed by atoms with van der Waals surface area (Å²) in [6.07, 6.45) is 0. The van der Waals surface area contributed by atoms with Crippen molar-refractivity contribution in [3.63, 3.8) is 0 Å². The van der Waals surface area contributed by atoms with E-state index in [1.54, 1.807) is 13.1 Å². The Balaban J connectivity index is 2.28. The highest BCUT2D eigenvalue weighted by Gasteiger charge is 2.18. The molecule has 0 aliphatic rings. The van der Waals surface area contributed by atoms with E-state index in [0.717, 1.165) is 22.6 Å². The van der Waals surface area contributed by atoms with E-state index in [-0.39, 0.29) is 10.8 Å². The minimum atomic E-state index is -1.01. The van der Waals surface area contributed by atoms with Gasteiger partial charge >= 0.3 is 5.97 Å². The highest BCUT2D eigenvalue weighted by molar-refractivity contribution is 7.16. The molecule has 1 aromatic carbocycles. The van der Waals surface area contributed by atoms with Crippen LogP contribution in [0.3, 0.4) is 0 Å². The lowest BCUT2D eigenvalue weighted by molar-refractivity contribution is 0.0702. The first-order valence-electron chi connectivity index (χ1n) is 5.67. The Morgan fingerprint density at radius 1 is 1.11 bits per heavy atom. The first-order chi connectivity index (χ1) is 9.00. The molecule has 1 amide bonds. The molecule has 0 bridgehead atoms. The van der Waals surface area contributed by atoms with Crippen LogP contribution in [0, 0.1) is 6.92 Å². The molecular weight excluding hydrogens is 262 g/mol. The summed E-state index contributed by atoms with van der Waals surface area (Å²) in [5, 5.41) is 8.87. The molecule has 98 valence electrons. The van der Waals surface area contributed by atoms with Crippen molar-refractivity contribution in [3.8, 4) is 0 Å². The molecule has 0 fully saturated rings. The number of carboxylic acid groups (broad SMARTS) is 1. The molecule has 0 saturated heterocycles. The van der Waals surface area contributed by atoms with E-state index in [4.69, 9.17) is 5.11 Å². The lowest BCUT2D eigenvalue weighted by Crippen LogP contribution is -2.26. The lowest BCUT2D eigenvalue weighted by Gasteiger charge is -2.18. The van der Waals surface area contributed by atoms with Crippen LogP contribution in [-0.2, 0) is 0 Å². The van der Waals surface area contributed by atoms with Gasteiger partial charge in [-0.3, -0.25) is 4.79 Å². The summed E-state index contributed by atoms with van der Waals surface area (Å²) < 4.78 is 0. The van der Waals surface area contributed by atoms with Crippen LogP contribution in [0.5, 0.6) is 0 Å². The van der Waals surface area contributed by atoms with Gasteiger partial charge in [0, 0.05) is 12.7 Å². The monoisotopic (exact) mass is 275 g/mol. The van der Waals surface area contributed by atoms with E-state index >= 15 is 0 Å². The zero-order chi connectivity index (χ0) is 14.0. The van der Waals surface area contributed by atoms with Gasteiger partial charge < -0.3 is 10.0 Å². The summed E-state index contributed by atoms with van der Waals surface area (Å²) in [6.45, 7) is 1.93. The van der Waals surface area contributed by atoms with Crippen molar-refractivity contribution in [2.75, 3.05) is 11.9 Å². The van der Waals surface area contributed by atoms with Crippen molar-refractivity contribution < 1.29 is 14.7 Å². The number of thiophene rings is 1. The number of amides is 1. The van der Waals surface area contributed by atoms with Crippen LogP contribution in [0.2, 0.25) is 0 Å². The number of para-hydroxylation sites is 1. The van der Waals surface area contributed by atoms with Gasteiger partial charge in [-0.2, -0.15) is 0 Å². The summed E-state index contributed by atoms with van der Waals surface area (Å²) in [6, 6.07) is 10.6. The van der Waals surface area contributed by atoms with Gasteiger partial charge in [0.25, 0.3) is 5.91 Å². The number of carbonyl (C=O) groups is 2. The molecule has 1 N–H and O–H groups in total. The second kappa shape index (κ2) is 5.24. The molecule has 0 spiro atoms. The Labute approximate surface area is 114 Å². The quantitative estimate of drug-likeness (QED) is 0.936. The Hall–Kier alpha value is -2.14. The third kappa shape index (κ3) is 2.66. The number of hydrogen-bond donors (Lipinski definition) is 1. The van der Waals surface area contributed by atoms with Gasteiger partial charge in [-0.25, -0.2) is 4.79 Å². The molecule has 19 heavy (non-hydrogen) atoms. The molecule has 5 heteroatoms. The van der Waals surface area contributed by atoms with Crippen molar-refractivity contribution in [1.82, 2.24) is 0 Å². The summed E-state index contributed by atoms with van der Waals surface area (Å²) in [5.41, 5.74) is 1.81. The summed E-state index contributed by atoms with van der Waals surface area (Å²) in [4.78, 5) is 25.2. The Bertz CT molecular complexity index is 633. The van der Waals surface area contributed by atoms with E-state index in [0.29, 0.717) is 4.88 Å². The zero-order valence-corrected chi connectivity index (χ0v) is 11.4. The van der Waals surface area contributed by atoms with Crippen LogP contribution in [0.25, 0.3) is 0 Å². The van der Waals surface area contributed by atoms with Crippen molar-refractivity contribution >= 4 is 28.9 Å². The van der Waals surface area contributed by atoms with Crippen LogP contribution in [-0.4, -0.2) is 24.0 Å². The molecule has 0 unspecified atom stereocenters. The number of anilines is 1. The second-order valence-electron chi connectivity index (χ2n) is 4.12. The van der Waals surface area contributed by atoms with Crippen LogP contribution in [0.1, 0.15) is 24.9 Å². The normalized spacial score (nSPS) is 10.2. The highest BCUT2D eigenvalue weighted by Crippen LogP contribution is 2.23. The van der Waals surface area contributed by atoms with Crippen LogP contribution >= 0.6 is 11.3 Å². The summed E-state index contributed by atoms with van der Waals surface area (Å²) in [5.74, 6) is -1.21. The second-order valence-corrected chi connectivity index (χ2v) is 5.20. The van der Waals surface area contributed by atoms with Gasteiger partial charge in [-0.1, -0.05) is 18.2 Å². The van der Waals surface area contributed by atoms with Gasteiger partial charge in [0.2, 0.25) is 0 Å². The number of rotatable bonds is 3. The summed E-state index contributed by atoms with van der Waals surface area (Å²) in [7, 11) is 1.69. The molecule has 0 aliphatic heterocycles. The molecule has 4 nitrogen and oxygen atoms in total. The van der Waals surface area contributed by atoms with Gasteiger partial charge in [-0.15, -0.1) is 11.3 Å². The number of benzene rings is 1. The Morgan fingerprint density at radius 3 is 2.32 bits per heavy atom. The van der Waals surface area contributed by atoms with Crippen LogP contribution in [0.4, 0.5) is 5.69 Å². The number of carboxylic acids is 1. The van der Waals surface area contributed by atoms with Gasteiger partial charge in [0.05, 0.1) is 4.88 Å². The van der Waals surface area contributed by atoms with Gasteiger partial charge in [-0.05, 0) is 30.7 Å². The maximum Gasteiger partial charge on any atom is 0.345 e. The minimum absolute atomic E-state index is 0.168. The zero-order valence-electron chi connectivity index (χ0n) is 10.6. The number of nitrogens with zero attached hydrogens (tertiary/aromatic N) is 1. The number of aromatic carboxylic acids is 1. The molecule has 1 heterocycles. The van der Waals surface area contributed by atoms with Crippen molar-refractivity contribution in [1.29, 1.82) is 0 Å². The van der Waals surface area contributed by atoms with E-state index in [2.05, 4.69) is 0 Å². The maximum absolute atomic E-state index is 12.3. The number of carbonyl (C=O) groups excluding carboxylic acids is 1. The minimum Gasteiger partial charge on any atom is -0.477 e. The van der Waals surface area contributed by atoms with Crippen molar-refractivity contribution in [2.24, 2.45) is 0 Å². The first kappa shape index (κ1) is 13.3. The Morgan fingerprint density at radius 2 is 1.74 bits per heavy atom. The first-order valence-corrected chi connectivity index (χ1v) is 6.49. The van der Waals surface area contributed by atoms with Crippen molar-refractivity contribution in [2.45, 2.75) is 6.92 Å². The molecule has 0 aliphatic carbocycles. The third-order valence-electron chi connectivity index (χ3n) is 2.81. The standard InChI is InChI=1S/C14H13NO3S/c1-9-5-3-4-6-10(9)15(2)13(16)11-7-8-12(19-11)14(17)18/h3-8H,1-2H3,(H,17,18). The molecule has 2 aromatic rings. The molecule has 0 atom stereocenters. The SMILES string of the molecule is Cc1ccccc1N(C)C(=O)c1ccc(C(=O)O)s1. The average molecular weight is 275 g/mol.